The van der Waals surface area contributed by atoms with Crippen molar-refractivity contribution in [3.8, 4) is 17.0 Å². The number of rotatable bonds is 3. The molecule has 1 heterocycles. The fraction of sp³-hybridized carbons (Fsp3) is 0.188. The summed E-state index contributed by atoms with van der Waals surface area (Å²) in [7, 11) is 1.67. The average Bonchev–Trinajstić information content (AvgIpc) is 2.86. The number of methoxy groups -OCH3 is 1. The molecule has 2 N–H and O–H groups in total. The lowest BCUT2D eigenvalue weighted by Crippen LogP contribution is -2.00. The molecular formula is C16H17N3O. The zero-order chi connectivity index (χ0) is 14.1. The van der Waals surface area contributed by atoms with Crippen molar-refractivity contribution in [3.63, 3.8) is 0 Å². The third-order valence-electron chi connectivity index (χ3n) is 3.57. The van der Waals surface area contributed by atoms with E-state index in [1.54, 1.807) is 13.4 Å². The Kier molecular flexibility index (Phi) is 3.06. The molecule has 3 rings (SSSR count). The van der Waals surface area contributed by atoms with E-state index in [-0.39, 0.29) is 0 Å². The number of benzene rings is 2. The zero-order valence-corrected chi connectivity index (χ0v) is 11.6. The largest absolute Gasteiger partial charge is 0.496 e. The van der Waals surface area contributed by atoms with Crippen molar-refractivity contribution in [2.24, 2.45) is 0 Å². The number of imidazole rings is 1. The highest BCUT2D eigenvalue weighted by Gasteiger charge is 2.16. The van der Waals surface area contributed by atoms with Crippen LogP contribution in [0.2, 0.25) is 0 Å². The van der Waals surface area contributed by atoms with E-state index >= 15 is 0 Å². The van der Waals surface area contributed by atoms with E-state index in [0.717, 1.165) is 34.3 Å². The van der Waals surface area contributed by atoms with Gasteiger partial charge in [0, 0.05) is 6.54 Å². The Morgan fingerprint density at radius 1 is 1.20 bits per heavy atom. The van der Waals surface area contributed by atoms with Crippen LogP contribution in [0.3, 0.4) is 0 Å². The molecule has 0 saturated carbocycles. The first-order valence-corrected chi connectivity index (χ1v) is 6.63. The number of fused-ring (bicyclic) bond motifs is 1. The summed E-state index contributed by atoms with van der Waals surface area (Å²) in [5.41, 5.74) is 7.94. The van der Waals surface area contributed by atoms with Gasteiger partial charge in [-0.1, -0.05) is 30.3 Å². The van der Waals surface area contributed by atoms with Gasteiger partial charge in [0.15, 0.2) is 0 Å². The van der Waals surface area contributed by atoms with Gasteiger partial charge in [-0.3, -0.25) is 0 Å². The van der Waals surface area contributed by atoms with Crippen LogP contribution in [0.15, 0.2) is 42.7 Å². The molecule has 102 valence electrons. The molecule has 0 radical (unpaired) electrons. The van der Waals surface area contributed by atoms with Gasteiger partial charge in [0.1, 0.15) is 17.3 Å². The van der Waals surface area contributed by atoms with Crippen LogP contribution < -0.4 is 10.5 Å². The molecule has 0 unspecified atom stereocenters. The van der Waals surface area contributed by atoms with Gasteiger partial charge >= 0.3 is 0 Å². The lowest BCUT2D eigenvalue weighted by atomic mass is 10.0. The van der Waals surface area contributed by atoms with Gasteiger partial charge in [-0.25, -0.2) is 4.98 Å². The maximum absolute atomic E-state index is 6.21. The molecule has 1 aromatic heterocycles. The molecule has 0 aliphatic carbocycles. The highest BCUT2D eigenvalue weighted by Crippen LogP contribution is 2.38. The molecule has 0 spiro atoms. The van der Waals surface area contributed by atoms with E-state index in [9.17, 15) is 0 Å². The number of aromatic nitrogens is 2. The SMILES string of the molecule is CCn1cnc(-c2c(OC)ccc3ccccc23)c1N. The van der Waals surface area contributed by atoms with Crippen LogP contribution in [0.5, 0.6) is 5.75 Å². The topological polar surface area (TPSA) is 53.1 Å². The van der Waals surface area contributed by atoms with Crippen molar-refractivity contribution in [1.29, 1.82) is 0 Å². The van der Waals surface area contributed by atoms with Crippen LogP contribution in [0, 0.1) is 0 Å². The summed E-state index contributed by atoms with van der Waals surface area (Å²) in [6.45, 7) is 2.84. The number of aryl methyl sites for hydroxylation is 1. The summed E-state index contributed by atoms with van der Waals surface area (Å²) >= 11 is 0. The van der Waals surface area contributed by atoms with E-state index in [1.165, 1.54) is 0 Å². The molecule has 3 aromatic rings. The van der Waals surface area contributed by atoms with Crippen LogP contribution >= 0.6 is 0 Å². The van der Waals surface area contributed by atoms with Gasteiger partial charge in [-0.15, -0.1) is 0 Å². The Morgan fingerprint density at radius 2 is 2.00 bits per heavy atom. The summed E-state index contributed by atoms with van der Waals surface area (Å²) < 4.78 is 7.43. The van der Waals surface area contributed by atoms with Gasteiger partial charge in [-0.05, 0) is 23.8 Å². The van der Waals surface area contributed by atoms with Crippen molar-refractivity contribution in [3.05, 3.63) is 42.7 Å². The van der Waals surface area contributed by atoms with E-state index in [4.69, 9.17) is 10.5 Å². The summed E-state index contributed by atoms with van der Waals surface area (Å²) in [5, 5.41) is 2.24. The number of hydrogen-bond donors (Lipinski definition) is 1. The third kappa shape index (κ3) is 1.81. The first-order chi connectivity index (χ1) is 9.76. The Labute approximate surface area is 117 Å². The standard InChI is InChI=1S/C16H17N3O/c1-3-19-10-18-15(16(19)17)14-12-7-5-4-6-11(12)8-9-13(14)20-2/h4-10H,3,17H2,1-2H3. The first-order valence-electron chi connectivity index (χ1n) is 6.63. The molecule has 0 bridgehead atoms. The van der Waals surface area contributed by atoms with Gasteiger partial charge in [0.25, 0.3) is 0 Å². The van der Waals surface area contributed by atoms with Crippen molar-refractivity contribution in [2.45, 2.75) is 13.5 Å². The number of nitrogen functional groups attached to an aromatic ring is 1. The van der Waals surface area contributed by atoms with Crippen LogP contribution in [0.4, 0.5) is 5.82 Å². The van der Waals surface area contributed by atoms with Crippen molar-refractivity contribution in [1.82, 2.24) is 9.55 Å². The summed E-state index contributed by atoms with van der Waals surface area (Å²) in [5.74, 6) is 1.46. The lowest BCUT2D eigenvalue weighted by molar-refractivity contribution is 0.417. The number of nitrogens with zero attached hydrogens (tertiary/aromatic N) is 2. The molecule has 0 amide bonds. The summed E-state index contributed by atoms with van der Waals surface area (Å²) in [6.07, 6.45) is 1.77. The number of ether oxygens (including phenoxy) is 1. The summed E-state index contributed by atoms with van der Waals surface area (Å²) in [6, 6.07) is 12.2. The van der Waals surface area contributed by atoms with Gasteiger partial charge in [0.05, 0.1) is 19.0 Å². The minimum absolute atomic E-state index is 0.669. The number of nitrogens with two attached hydrogens (primary N) is 1. The first kappa shape index (κ1) is 12.5. The van der Waals surface area contributed by atoms with E-state index in [2.05, 4.69) is 17.1 Å². The minimum Gasteiger partial charge on any atom is -0.496 e. The van der Waals surface area contributed by atoms with Crippen LogP contribution in [-0.4, -0.2) is 16.7 Å². The highest BCUT2D eigenvalue weighted by atomic mass is 16.5. The maximum atomic E-state index is 6.21. The molecule has 0 atom stereocenters. The van der Waals surface area contributed by atoms with Crippen LogP contribution in [-0.2, 0) is 6.54 Å². The summed E-state index contributed by atoms with van der Waals surface area (Å²) in [4.78, 5) is 4.47. The van der Waals surface area contributed by atoms with Crippen LogP contribution in [0.1, 0.15) is 6.92 Å². The smallest absolute Gasteiger partial charge is 0.131 e. The van der Waals surface area contributed by atoms with Gasteiger partial charge in [0.2, 0.25) is 0 Å². The fourth-order valence-corrected chi connectivity index (χ4v) is 2.50. The predicted octanol–water partition coefficient (Wildman–Crippen LogP) is 3.31. The second-order valence-electron chi connectivity index (χ2n) is 4.63. The lowest BCUT2D eigenvalue weighted by Gasteiger charge is -2.11. The Bertz CT molecular complexity index is 762. The third-order valence-corrected chi connectivity index (χ3v) is 3.57. The molecule has 20 heavy (non-hydrogen) atoms. The normalized spacial score (nSPS) is 10.9. The Morgan fingerprint density at radius 3 is 2.70 bits per heavy atom. The molecule has 4 nitrogen and oxygen atoms in total. The van der Waals surface area contributed by atoms with E-state index in [0.29, 0.717) is 5.82 Å². The second-order valence-corrected chi connectivity index (χ2v) is 4.63. The highest BCUT2D eigenvalue weighted by molar-refractivity contribution is 6.00. The molecule has 0 aliphatic rings. The monoisotopic (exact) mass is 267 g/mol. The average molecular weight is 267 g/mol. The quantitative estimate of drug-likeness (QED) is 0.792. The Hall–Kier alpha value is -2.49. The molecule has 0 fully saturated rings. The number of anilines is 1. The predicted molar refractivity (Wildman–Crippen MR) is 81.8 cm³/mol. The van der Waals surface area contributed by atoms with Gasteiger partial charge in [-0.2, -0.15) is 0 Å². The van der Waals surface area contributed by atoms with Crippen molar-refractivity contribution >= 4 is 16.6 Å². The van der Waals surface area contributed by atoms with E-state index < -0.39 is 0 Å². The molecule has 4 heteroatoms. The van der Waals surface area contributed by atoms with Crippen molar-refractivity contribution in [2.75, 3.05) is 12.8 Å². The van der Waals surface area contributed by atoms with Crippen molar-refractivity contribution < 1.29 is 4.74 Å². The number of hydrogen-bond acceptors (Lipinski definition) is 3. The van der Waals surface area contributed by atoms with Crippen LogP contribution in [0.25, 0.3) is 22.0 Å². The zero-order valence-electron chi connectivity index (χ0n) is 11.6. The molecule has 0 aliphatic heterocycles. The Balaban J connectivity index is 2.35. The second kappa shape index (κ2) is 4.89. The molecule has 2 aromatic carbocycles. The fourth-order valence-electron chi connectivity index (χ4n) is 2.50. The van der Waals surface area contributed by atoms with Gasteiger partial charge < -0.3 is 15.0 Å². The molecular weight excluding hydrogens is 250 g/mol. The minimum atomic E-state index is 0.669. The molecule has 0 saturated heterocycles. The maximum Gasteiger partial charge on any atom is 0.131 e. The van der Waals surface area contributed by atoms with E-state index in [1.807, 2.05) is 35.8 Å².